The number of aromatic nitrogens is 2. The number of nitrogens with zero attached hydrogens (tertiary/aromatic N) is 2. The van der Waals surface area contributed by atoms with E-state index in [1.807, 2.05) is 45.0 Å². The zero-order valence-corrected chi connectivity index (χ0v) is 16.9. The van der Waals surface area contributed by atoms with Crippen molar-refractivity contribution in [1.82, 2.24) is 15.3 Å². The number of hydrogen-bond acceptors (Lipinski definition) is 7. The Morgan fingerprint density at radius 2 is 2.07 bits per heavy atom. The lowest BCUT2D eigenvalue weighted by molar-refractivity contribution is -0.138. The molecule has 2 heterocycles. The molecule has 2 aromatic heterocycles. The van der Waals surface area contributed by atoms with Gasteiger partial charge in [-0.3, -0.25) is 0 Å². The second-order valence-corrected chi connectivity index (χ2v) is 7.19. The Bertz CT molecular complexity index is 856. The Balaban J connectivity index is 2.11. The summed E-state index contributed by atoms with van der Waals surface area (Å²) in [7, 11) is 0. The number of carbonyl (C=O) groups excluding carboxylic acids is 1. The van der Waals surface area contributed by atoms with E-state index in [1.165, 1.54) is 0 Å². The van der Waals surface area contributed by atoms with Crippen molar-refractivity contribution in [1.29, 1.82) is 5.41 Å². The summed E-state index contributed by atoms with van der Waals surface area (Å²) >= 11 is 0. The van der Waals surface area contributed by atoms with Gasteiger partial charge in [-0.1, -0.05) is 0 Å². The molecule has 0 saturated carbocycles. The molecule has 0 aromatic carbocycles. The molecule has 0 aliphatic carbocycles. The molecule has 0 aliphatic heterocycles. The van der Waals surface area contributed by atoms with E-state index in [4.69, 9.17) is 14.9 Å². The minimum Gasteiger partial charge on any atom is -0.462 e. The van der Waals surface area contributed by atoms with Gasteiger partial charge in [0.1, 0.15) is 0 Å². The van der Waals surface area contributed by atoms with Crippen LogP contribution in [0.1, 0.15) is 33.4 Å². The average molecular weight is 384 g/mol. The molecule has 0 unspecified atom stereocenters. The predicted octanol–water partition coefficient (Wildman–Crippen LogP) is 3.04. The summed E-state index contributed by atoms with van der Waals surface area (Å²) in [6.07, 6.45) is 3.36. The zero-order valence-electron chi connectivity index (χ0n) is 16.9. The maximum atomic E-state index is 12.2. The van der Waals surface area contributed by atoms with Crippen LogP contribution in [0.5, 0.6) is 0 Å². The Morgan fingerprint density at radius 3 is 2.75 bits per heavy atom. The van der Waals surface area contributed by atoms with Gasteiger partial charge in [0.25, 0.3) is 0 Å². The third-order valence-corrected chi connectivity index (χ3v) is 3.86. The molecule has 2 N–H and O–H groups in total. The minimum absolute atomic E-state index is 0.166. The Kier molecular flexibility index (Phi) is 7.63. The van der Waals surface area contributed by atoms with Crippen LogP contribution < -0.4 is 5.32 Å². The highest BCUT2D eigenvalue weighted by Gasteiger charge is 2.18. The van der Waals surface area contributed by atoms with Crippen LogP contribution in [0.3, 0.4) is 0 Å². The van der Waals surface area contributed by atoms with Crippen LogP contribution in [0.15, 0.2) is 41.7 Å². The van der Waals surface area contributed by atoms with E-state index >= 15 is 0 Å². The van der Waals surface area contributed by atoms with Gasteiger partial charge in [0.05, 0.1) is 30.1 Å². The summed E-state index contributed by atoms with van der Waals surface area (Å²) < 4.78 is 10.9. The van der Waals surface area contributed by atoms with E-state index in [0.29, 0.717) is 24.3 Å². The first kappa shape index (κ1) is 21.5. The van der Waals surface area contributed by atoms with Crippen LogP contribution in [0.2, 0.25) is 0 Å². The van der Waals surface area contributed by atoms with Crippen molar-refractivity contribution in [3.8, 4) is 0 Å². The van der Waals surface area contributed by atoms with Crippen molar-refractivity contribution in [2.24, 2.45) is 0 Å². The normalized spacial score (nSPS) is 12.4. The molecule has 28 heavy (non-hydrogen) atoms. The van der Waals surface area contributed by atoms with E-state index in [2.05, 4.69) is 15.3 Å². The number of nitrogens with one attached hydrogen (secondary N) is 2. The smallest absolute Gasteiger partial charge is 0.341 e. The van der Waals surface area contributed by atoms with Crippen LogP contribution in [0.25, 0.3) is 11.0 Å². The van der Waals surface area contributed by atoms with Crippen LogP contribution in [-0.2, 0) is 20.7 Å². The molecule has 0 bridgehead atoms. The minimum atomic E-state index is -0.537. The number of rotatable bonds is 9. The highest BCUT2D eigenvalue weighted by molar-refractivity contribution is 6.09. The van der Waals surface area contributed by atoms with E-state index in [-0.39, 0.29) is 24.4 Å². The maximum Gasteiger partial charge on any atom is 0.341 e. The summed E-state index contributed by atoms with van der Waals surface area (Å²) in [5.41, 5.74) is 1.92. The molecule has 2 aromatic rings. The zero-order chi connectivity index (χ0) is 20.6. The fraction of sp³-hybridized carbons (Fsp3) is 0.429. The molecule has 0 amide bonds. The number of esters is 1. The highest BCUT2D eigenvalue weighted by atomic mass is 16.5. The van der Waals surface area contributed by atoms with Gasteiger partial charge in [-0.05, 0) is 52.0 Å². The molecule has 0 fully saturated rings. The molecule has 0 radical (unpaired) electrons. The first-order chi connectivity index (χ1) is 13.3. The van der Waals surface area contributed by atoms with Crippen LogP contribution in [-0.4, -0.2) is 47.5 Å². The average Bonchev–Trinajstić information content (AvgIpc) is 2.65. The van der Waals surface area contributed by atoms with Crippen molar-refractivity contribution < 1.29 is 14.3 Å². The van der Waals surface area contributed by atoms with Crippen LogP contribution >= 0.6 is 0 Å². The molecule has 0 atom stereocenters. The maximum absolute atomic E-state index is 12.2. The van der Waals surface area contributed by atoms with Gasteiger partial charge in [-0.15, -0.1) is 0 Å². The molecule has 150 valence electrons. The highest BCUT2D eigenvalue weighted by Crippen LogP contribution is 2.12. The lowest BCUT2D eigenvalue weighted by Crippen LogP contribution is -2.29. The first-order valence-electron chi connectivity index (χ1n) is 9.33. The molecule has 0 saturated heterocycles. The van der Waals surface area contributed by atoms with Gasteiger partial charge in [0.15, 0.2) is 5.65 Å². The van der Waals surface area contributed by atoms with Crippen molar-refractivity contribution in [3.05, 3.63) is 47.4 Å². The Labute approximate surface area is 165 Å². The predicted molar refractivity (Wildman–Crippen MR) is 109 cm³/mol. The monoisotopic (exact) mass is 384 g/mol. The number of carbonyl (C=O) groups is 1. The van der Waals surface area contributed by atoms with E-state index in [9.17, 15) is 4.79 Å². The number of ether oxygens (including phenoxy) is 2. The van der Waals surface area contributed by atoms with Gasteiger partial charge in [-0.25, -0.2) is 14.8 Å². The summed E-state index contributed by atoms with van der Waals surface area (Å²) in [6, 6.07) is 7.80. The third kappa shape index (κ3) is 6.42. The molecular weight excluding hydrogens is 356 g/mol. The van der Waals surface area contributed by atoms with E-state index in [1.54, 1.807) is 13.1 Å². The van der Waals surface area contributed by atoms with Crippen molar-refractivity contribution in [3.63, 3.8) is 0 Å². The van der Waals surface area contributed by atoms with Gasteiger partial charge in [-0.2, -0.15) is 0 Å². The first-order valence-corrected chi connectivity index (χ1v) is 9.33. The second-order valence-electron chi connectivity index (χ2n) is 7.19. The van der Waals surface area contributed by atoms with E-state index in [0.717, 1.165) is 17.3 Å². The van der Waals surface area contributed by atoms with E-state index < -0.39 is 5.97 Å². The fourth-order valence-corrected chi connectivity index (χ4v) is 2.46. The molecule has 2 rings (SSSR count). The quantitative estimate of drug-likeness (QED) is 0.392. The van der Waals surface area contributed by atoms with Crippen molar-refractivity contribution >= 4 is 23.2 Å². The van der Waals surface area contributed by atoms with Gasteiger partial charge < -0.3 is 20.2 Å². The molecular formula is C21H28N4O3. The lowest BCUT2D eigenvalue weighted by Gasteiger charge is -2.22. The van der Waals surface area contributed by atoms with Gasteiger partial charge in [0, 0.05) is 36.5 Å². The fourth-order valence-electron chi connectivity index (χ4n) is 2.46. The summed E-state index contributed by atoms with van der Waals surface area (Å²) in [6.45, 7) is 8.50. The second kappa shape index (κ2) is 9.94. The molecule has 0 spiro atoms. The topological polar surface area (TPSA) is 97.2 Å². The third-order valence-electron chi connectivity index (χ3n) is 3.86. The molecule has 7 nitrogen and oxygen atoms in total. The van der Waals surface area contributed by atoms with Crippen molar-refractivity contribution in [2.45, 2.75) is 39.7 Å². The Morgan fingerprint density at radius 1 is 1.29 bits per heavy atom. The van der Waals surface area contributed by atoms with Crippen LogP contribution in [0, 0.1) is 5.41 Å². The Hall–Kier alpha value is -2.80. The molecule has 0 aliphatic rings. The lowest BCUT2D eigenvalue weighted by atomic mass is 10.1. The summed E-state index contributed by atoms with van der Waals surface area (Å²) in [5.74, 6) is -0.537. The van der Waals surface area contributed by atoms with Crippen molar-refractivity contribution in [2.75, 3.05) is 19.8 Å². The summed E-state index contributed by atoms with van der Waals surface area (Å²) in [4.78, 5) is 21.0. The number of fused-ring (bicyclic) bond motifs is 1. The standard InChI is InChI=1S/C21H28N4O3/c1-5-27-20(26)17(13-22)18(14-28-21(2,3)4)23-12-10-16-9-8-15-7-6-11-24-19(15)25-16/h6-9,11,13,22-23H,5,10,12,14H2,1-4H3/b18-17+,22-13?. The molecule has 7 heteroatoms. The largest absolute Gasteiger partial charge is 0.462 e. The number of hydrogen-bond donors (Lipinski definition) is 2. The number of pyridine rings is 2. The SMILES string of the molecule is CCOC(=O)/C(C=N)=C(\COC(C)(C)C)NCCc1ccc2cccnc2n1. The summed E-state index contributed by atoms with van der Waals surface area (Å²) in [5, 5.41) is 11.8. The van der Waals surface area contributed by atoms with Gasteiger partial charge >= 0.3 is 5.97 Å². The van der Waals surface area contributed by atoms with Crippen LogP contribution in [0.4, 0.5) is 0 Å². The van der Waals surface area contributed by atoms with Gasteiger partial charge in [0.2, 0.25) is 0 Å².